The number of nitrogens with zero attached hydrogens (tertiary/aromatic N) is 2. The van der Waals surface area contributed by atoms with Gasteiger partial charge in [-0.15, -0.1) is 0 Å². The van der Waals surface area contributed by atoms with Crippen molar-refractivity contribution in [3.63, 3.8) is 0 Å². The van der Waals surface area contributed by atoms with Crippen LogP contribution in [0.5, 0.6) is 0 Å². The second-order valence-electron chi connectivity index (χ2n) is 4.66. The predicted molar refractivity (Wildman–Crippen MR) is 75.8 cm³/mol. The van der Waals surface area contributed by atoms with E-state index in [0.29, 0.717) is 0 Å². The van der Waals surface area contributed by atoms with Gasteiger partial charge in [0.2, 0.25) is 0 Å². The van der Waals surface area contributed by atoms with Crippen molar-refractivity contribution in [2.45, 2.75) is 46.8 Å². The van der Waals surface area contributed by atoms with E-state index in [1.54, 1.807) is 7.11 Å². The Bertz CT molecular complexity index is 390. The molecule has 0 saturated carbocycles. The molecule has 0 fully saturated rings. The molecule has 1 atom stereocenters. The summed E-state index contributed by atoms with van der Waals surface area (Å²) in [5.41, 5.74) is 4.95. The van der Waals surface area contributed by atoms with Gasteiger partial charge in [0, 0.05) is 20.2 Å². The molecule has 102 valence electrons. The molecular weight excluding hydrogens is 224 g/mol. The van der Waals surface area contributed by atoms with Crippen LogP contribution in [0.15, 0.2) is 6.07 Å². The molecule has 1 aliphatic rings. The lowest BCUT2D eigenvalue weighted by molar-refractivity contribution is 0.115. The summed E-state index contributed by atoms with van der Waals surface area (Å²) in [5.74, 6) is 0. The third-order valence-corrected chi connectivity index (χ3v) is 3.34. The van der Waals surface area contributed by atoms with E-state index < -0.39 is 0 Å². The number of fused-ring (bicyclic) bond motifs is 1. The van der Waals surface area contributed by atoms with Gasteiger partial charge in [0.05, 0.1) is 17.5 Å². The van der Waals surface area contributed by atoms with Crippen LogP contribution >= 0.6 is 0 Å². The molecule has 3 nitrogen and oxygen atoms in total. The van der Waals surface area contributed by atoms with Crippen molar-refractivity contribution in [3.05, 3.63) is 28.6 Å². The summed E-state index contributed by atoms with van der Waals surface area (Å²) in [6, 6.07) is 2.28. The molecule has 0 saturated heterocycles. The monoisotopic (exact) mass is 250 g/mol. The van der Waals surface area contributed by atoms with Crippen LogP contribution in [0.4, 0.5) is 0 Å². The van der Waals surface area contributed by atoms with Gasteiger partial charge in [-0.25, -0.2) is 0 Å². The minimum Gasteiger partial charge on any atom is -0.375 e. The fourth-order valence-electron chi connectivity index (χ4n) is 2.25. The van der Waals surface area contributed by atoms with Crippen LogP contribution in [0.2, 0.25) is 0 Å². The highest BCUT2D eigenvalue weighted by Gasteiger charge is 2.18. The maximum Gasteiger partial charge on any atom is 0.0965 e. The van der Waals surface area contributed by atoms with Crippen LogP contribution in [0.25, 0.3) is 0 Å². The summed E-state index contributed by atoms with van der Waals surface area (Å²) in [6.07, 6.45) is 1.19. The lowest BCUT2D eigenvalue weighted by Gasteiger charge is -2.26. The summed E-state index contributed by atoms with van der Waals surface area (Å²) in [6.45, 7) is 10.3. The average Bonchev–Trinajstić information content (AvgIpc) is 2.40. The molecule has 0 aliphatic carbocycles. The number of rotatable bonds is 2. The average molecular weight is 250 g/mol. The normalized spacial score (nSPS) is 16.6. The zero-order valence-corrected chi connectivity index (χ0v) is 12.6. The number of aromatic nitrogens is 1. The fourth-order valence-corrected chi connectivity index (χ4v) is 2.25. The fraction of sp³-hybridized carbons (Fsp3) is 0.667. The Kier molecular flexibility index (Phi) is 5.76. The molecule has 18 heavy (non-hydrogen) atoms. The lowest BCUT2D eigenvalue weighted by Crippen LogP contribution is -2.28. The zero-order valence-electron chi connectivity index (χ0n) is 12.6. The number of pyridine rings is 1. The first kappa shape index (κ1) is 15.1. The van der Waals surface area contributed by atoms with E-state index in [1.165, 1.54) is 16.8 Å². The molecule has 0 amide bonds. The Labute approximate surface area is 111 Å². The van der Waals surface area contributed by atoms with E-state index in [2.05, 4.69) is 24.9 Å². The van der Waals surface area contributed by atoms with Gasteiger partial charge in [-0.2, -0.15) is 0 Å². The van der Waals surface area contributed by atoms with E-state index in [-0.39, 0.29) is 6.10 Å². The van der Waals surface area contributed by atoms with Gasteiger partial charge in [-0.3, -0.25) is 4.98 Å². The van der Waals surface area contributed by atoms with Crippen LogP contribution in [-0.4, -0.2) is 30.6 Å². The third kappa shape index (κ3) is 3.30. The Hall–Kier alpha value is -0.930. The molecule has 1 unspecified atom stereocenters. The Morgan fingerprint density at radius 3 is 2.67 bits per heavy atom. The molecule has 2 rings (SSSR count). The second kappa shape index (κ2) is 6.86. The maximum atomic E-state index is 5.36. The number of likely N-dealkylation sites (N-methyl/N-ethyl adjacent to an activating group) is 1. The van der Waals surface area contributed by atoms with Gasteiger partial charge >= 0.3 is 0 Å². The summed E-state index contributed by atoms with van der Waals surface area (Å²) < 4.78 is 5.36. The second-order valence-corrected chi connectivity index (χ2v) is 4.66. The standard InChI is InChI=1S/C13H20N2O.C2H6/c1-9-7-11-5-6-15(3)8-12(11)14-13(9)10(2)16-4;1-2/h7,10H,5-6,8H2,1-4H3;1-2H3. The highest BCUT2D eigenvalue weighted by molar-refractivity contribution is 5.32. The van der Waals surface area contributed by atoms with Gasteiger partial charge in [0.25, 0.3) is 0 Å². The van der Waals surface area contributed by atoms with Crippen LogP contribution in [0, 0.1) is 6.92 Å². The van der Waals surface area contributed by atoms with E-state index in [1.807, 2.05) is 20.8 Å². The van der Waals surface area contributed by atoms with E-state index in [9.17, 15) is 0 Å². The summed E-state index contributed by atoms with van der Waals surface area (Å²) in [7, 11) is 3.88. The molecule has 1 aromatic heterocycles. The molecule has 1 aromatic rings. The first-order valence-corrected chi connectivity index (χ1v) is 6.82. The predicted octanol–water partition coefficient (Wildman–Crippen LogP) is 3.11. The third-order valence-electron chi connectivity index (χ3n) is 3.34. The van der Waals surface area contributed by atoms with E-state index in [0.717, 1.165) is 25.2 Å². The smallest absolute Gasteiger partial charge is 0.0965 e. The van der Waals surface area contributed by atoms with Gasteiger partial charge in [-0.05, 0) is 38.4 Å². The minimum absolute atomic E-state index is 0.0810. The van der Waals surface area contributed by atoms with Crippen molar-refractivity contribution in [3.8, 4) is 0 Å². The van der Waals surface area contributed by atoms with E-state index in [4.69, 9.17) is 9.72 Å². The van der Waals surface area contributed by atoms with Crippen molar-refractivity contribution in [1.29, 1.82) is 0 Å². The largest absolute Gasteiger partial charge is 0.375 e. The van der Waals surface area contributed by atoms with Crippen LogP contribution in [0.1, 0.15) is 49.4 Å². The Balaban J connectivity index is 0.000000771. The van der Waals surface area contributed by atoms with Crippen LogP contribution in [-0.2, 0) is 17.7 Å². The molecule has 1 aliphatic heterocycles. The quantitative estimate of drug-likeness (QED) is 0.806. The first-order chi connectivity index (χ1) is 8.61. The van der Waals surface area contributed by atoms with Crippen molar-refractivity contribution in [1.82, 2.24) is 9.88 Å². The Morgan fingerprint density at radius 2 is 2.06 bits per heavy atom. The number of aryl methyl sites for hydroxylation is 1. The molecular formula is C15H26N2O. The molecule has 0 aromatic carbocycles. The molecule has 0 N–H and O–H groups in total. The number of methoxy groups -OCH3 is 1. The highest BCUT2D eigenvalue weighted by atomic mass is 16.5. The van der Waals surface area contributed by atoms with E-state index >= 15 is 0 Å². The summed E-state index contributed by atoms with van der Waals surface area (Å²) in [5, 5.41) is 0. The molecule has 2 heterocycles. The summed E-state index contributed by atoms with van der Waals surface area (Å²) in [4.78, 5) is 7.08. The maximum absolute atomic E-state index is 5.36. The topological polar surface area (TPSA) is 25.4 Å². The summed E-state index contributed by atoms with van der Waals surface area (Å²) >= 11 is 0. The van der Waals surface area contributed by atoms with Crippen LogP contribution in [0.3, 0.4) is 0 Å². The minimum atomic E-state index is 0.0810. The van der Waals surface area contributed by atoms with Crippen LogP contribution < -0.4 is 0 Å². The van der Waals surface area contributed by atoms with Gasteiger partial charge < -0.3 is 9.64 Å². The van der Waals surface area contributed by atoms with Crippen molar-refractivity contribution < 1.29 is 4.74 Å². The SMILES string of the molecule is CC.COC(C)c1nc2c(cc1C)CCN(C)C2. The Morgan fingerprint density at radius 1 is 1.39 bits per heavy atom. The van der Waals surface area contributed by atoms with Crippen molar-refractivity contribution >= 4 is 0 Å². The molecule has 0 radical (unpaired) electrons. The molecule has 0 spiro atoms. The zero-order chi connectivity index (χ0) is 13.7. The number of ether oxygens (including phenoxy) is 1. The first-order valence-electron chi connectivity index (χ1n) is 6.82. The molecule has 0 bridgehead atoms. The lowest BCUT2D eigenvalue weighted by atomic mass is 10.0. The van der Waals surface area contributed by atoms with Crippen molar-refractivity contribution in [2.75, 3.05) is 20.7 Å². The van der Waals surface area contributed by atoms with Gasteiger partial charge in [-0.1, -0.05) is 19.9 Å². The molecule has 3 heteroatoms. The van der Waals surface area contributed by atoms with Crippen molar-refractivity contribution in [2.24, 2.45) is 0 Å². The van der Waals surface area contributed by atoms with Gasteiger partial charge in [0.1, 0.15) is 0 Å². The highest BCUT2D eigenvalue weighted by Crippen LogP contribution is 2.24. The number of hydrogen-bond donors (Lipinski definition) is 0. The number of hydrogen-bond acceptors (Lipinski definition) is 3. The van der Waals surface area contributed by atoms with Gasteiger partial charge in [0.15, 0.2) is 0 Å².